The Kier molecular flexibility index (Phi) is 4.53. The highest BCUT2D eigenvalue weighted by Crippen LogP contribution is 2.14. The van der Waals surface area contributed by atoms with Crippen LogP contribution in [0, 0.1) is 23.2 Å². The molecule has 1 N–H and O–H groups in total. The summed E-state index contributed by atoms with van der Waals surface area (Å²) in [4.78, 5) is 11.7. The van der Waals surface area contributed by atoms with Crippen LogP contribution in [0.1, 0.15) is 20.3 Å². The van der Waals surface area contributed by atoms with Gasteiger partial charge in [0.25, 0.3) is 0 Å². The summed E-state index contributed by atoms with van der Waals surface area (Å²) in [6.45, 7) is 4.00. The molecule has 1 rings (SSSR count). The largest absolute Gasteiger partial charge is 0.325 e. The molecule has 1 atom stereocenters. The number of nitrogens with one attached hydrogen (secondary N) is 1. The fourth-order valence-electron chi connectivity index (χ4n) is 1.44. The lowest BCUT2D eigenvalue weighted by Gasteiger charge is -2.11. The van der Waals surface area contributed by atoms with E-state index in [2.05, 4.69) is 5.32 Å². The van der Waals surface area contributed by atoms with E-state index in [1.807, 2.05) is 50.2 Å². The van der Waals surface area contributed by atoms with Crippen LogP contribution >= 0.6 is 0 Å². The van der Waals surface area contributed by atoms with Crippen LogP contribution in [-0.2, 0) is 4.79 Å². The molecule has 0 spiro atoms. The molecule has 3 heteroatoms. The number of nitriles is 1. The van der Waals surface area contributed by atoms with Gasteiger partial charge < -0.3 is 5.32 Å². The zero-order chi connectivity index (χ0) is 12.0. The molecule has 0 radical (unpaired) electrons. The third-order valence-electron chi connectivity index (χ3n) is 2.22. The van der Waals surface area contributed by atoms with E-state index in [0.29, 0.717) is 12.3 Å². The fourth-order valence-corrected chi connectivity index (χ4v) is 1.44. The SMILES string of the molecule is CC(C)CC(C#N)C(=O)Nc1ccccc1. The quantitative estimate of drug-likeness (QED) is 0.841. The van der Waals surface area contributed by atoms with Gasteiger partial charge in [-0.15, -0.1) is 0 Å². The Balaban J connectivity index is 2.61. The molecule has 0 aliphatic carbocycles. The summed E-state index contributed by atoms with van der Waals surface area (Å²) in [6, 6.07) is 11.2. The van der Waals surface area contributed by atoms with Gasteiger partial charge >= 0.3 is 0 Å². The smallest absolute Gasteiger partial charge is 0.241 e. The normalized spacial score (nSPS) is 11.9. The number of benzene rings is 1. The molecule has 0 fully saturated rings. The predicted molar refractivity (Wildman–Crippen MR) is 63.6 cm³/mol. The summed E-state index contributed by atoms with van der Waals surface area (Å²) < 4.78 is 0. The minimum atomic E-state index is -0.569. The third-order valence-corrected chi connectivity index (χ3v) is 2.22. The summed E-state index contributed by atoms with van der Waals surface area (Å²) >= 11 is 0. The molecule has 0 aliphatic heterocycles. The van der Waals surface area contributed by atoms with Gasteiger partial charge in [-0.25, -0.2) is 0 Å². The Bertz CT molecular complexity index is 379. The van der Waals surface area contributed by atoms with E-state index in [-0.39, 0.29) is 5.91 Å². The van der Waals surface area contributed by atoms with Crippen molar-refractivity contribution in [1.82, 2.24) is 0 Å². The van der Waals surface area contributed by atoms with Crippen molar-refractivity contribution in [1.29, 1.82) is 5.26 Å². The number of hydrogen-bond donors (Lipinski definition) is 1. The molecule has 0 aliphatic rings. The molecule has 3 nitrogen and oxygen atoms in total. The molecule has 84 valence electrons. The summed E-state index contributed by atoms with van der Waals surface area (Å²) in [7, 11) is 0. The second-order valence-corrected chi connectivity index (χ2v) is 4.17. The maximum absolute atomic E-state index is 11.7. The van der Waals surface area contributed by atoms with Crippen LogP contribution in [0.4, 0.5) is 5.69 Å². The van der Waals surface area contributed by atoms with E-state index in [1.165, 1.54) is 0 Å². The van der Waals surface area contributed by atoms with Gasteiger partial charge in [0, 0.05) is 5.69 Å². The second-order valence-electron chi connectivity index (χ2n) is 4.17. The minimum absolute atomic E-state index is 0.220. The molecule has 1 aromatic rings. The molecule has 0 bridgehead atoms. The van der Waals surface area contributed by atoms with Crippen molar-refractivity contribution < 1.29 is 4.79 Å². The van der Waals surface area contributed by atoms with Gasteiger partial charge in [-0.1, -0.05) is 32.0 Å². The molecular weight excluding hydrogens is 200 g/mol. The standard InChI is InChI=1S/C13H16N2O/c1-10(2)8-11(9-14)13(16)15-12-6-4-3-5-7-12/h3-7,10-11H,8H2,1-2H3,(H,15,16). The minimum Gasteiger partial charge on any atom is -0.325 e. The lowest BCUT2D eigenvalue weighted by atomic mass is 9.97. The van der Waals surface area contributed by atoms with Gasteiger partial charge in [0.2, 0.25) is 5.91 Å². The second kappa shape index (κ2) is 5.92. The number of anilines is 1. The van der Waals surface area contributed by atoms with Gasteiger partial charge in [-0.2, -0.15) is 5.26 Å². The van der Waals surface area contributed by atoms with Crippen LogP contribution in [0.5, 0.6) is 0 Å². The highest BCUT2D eigenvalue weighted by atomic mass is 16.1. The summed E-state index contributed by atoms with van der Waals surface area (Å²) in [5, 5.41) is 11.6. The number of carbonyl (C=O) groups is 1. The Morgan fingerprint density at radius 2 is 2.00 bits per heavy atom. The number of rotatable bonds is 4. The maximum atomic E-state index is 11.7. The molecule has 1 unspecified atom stereocenters. The zero-order valence-corrected chi connectivity index (χ0v) is 9.60. The number of nitrogens with zero attached hydrogens (tertiary/aromatic N) is 1. The summed E-state index contributed by atoms with van der Waals surface area (Å²) in [6.07, 6.45) is 0.592. The monoisotopic (exact) mass is 216 g/mol. The average Bonchev–Trinajstić information content (AvgIpc) is 2.26. The first-order valence-electron chi connectivity index (χ1n) is 5.39. The first-order valence-corrected chi connectivity index (χ1v) is 5.39. The molecule has 1 amide bonds. The molecule has 0 aromatic heterocycles. The van der Waals surface area contributed by atoms with Crippen molar-refractivity contribution in [2.75, 3.05) is 5.32 Å². The molecule has 0 heterocycles. The lowest BCUT2D eigenvalue weighted by molar-refractivity contribution is -0.118. The van der Waals surface area contributed by atoms with Crippen molar-refractivity contribution in [3.05, 3.63) is 30.3 Å². The van der Waals surface area contributed by atoms with E-state index in [1.54, 1.807) is 0 Å². The Hall–Kier alpha value is -1.82. The van der Waals surface area contributed by atoms with E-state index >= 15 is 0 Å². The van der Waals surface area contributed by atoms with Crippen molar-refractivity contribution in [2.45, 2.75) is 20.3 Å². The average molecular weight is 216 g/mol. The fraction of sp³-hybridized carbons (Fsp3) is 0.385. The van der Waals surface area contributed by atoms with Crippen LogP contribution in [0.15, 0.2) is 30.3 Å². The van der Waals surface area contributed by atoms with E-state index in [9.17, 15) is 4.79 Å². The lowest BCUT2D eigenvalue weighted by Crippen LogP contribution is -2.22. The van der Waals surface area contributed by atoms with Crippen molar-refractivity contribution in [3.63, 3.8) is 0 Å². The van der Waals surface area contributed by atoms with Crippen molar-refractivity contribution in [3.8, 4) is 6.07 Å². The van der Waals surface area contributed by atoms with Crippen LogP contribution in [0.3, 0.4) is 0 Å². The van der Waals surface area contributed by atoms with E-state index in [4.69, 9.17) is 5.26 Å². The number of amides is 1. The molecule has 16 heavy (non-hydrogen) atoms. The highest BCUT2D eigenvalue weighted by Gasteiger charge is 2.18. The van der Waals surface area contributed by atoms with Crippen LogP contribution in [0.2, 0.25) is 0 Å². The van der Waals surface area contributed by atoms with Gasteiger partial charge in [0.05, 0.1) is 6.07 Å². The van der Waals surface area contributed by atoms with E-state index in [0.717, 1.165) is 5.69 Å². The molecule has 0 saturated heterocycles. The number of para-hydroxylation sites is 1. The maximum Gasteiger partial charge on any atom is 0.241 e. The summed E-state index contributed by atoms with van der Waals surface area (Å²) in [5.74, 6) is -0.450. The third kappa shape index (κ3) is 3.74. The Labute approximate surface area is 96.1 Å². The van der Waals surface area contributed by atoms with Gasteiger partial charge in [-0.3, -0.25) is 4.79 Å². The van der Waals surface area contributed by atoms with Gasteiger partial charge in [0.15, 0.2) is 0 Å². The van der Waals surface area contributed by atoms with Crippen LogP contribution in [-0.4, -0.2) is 5.91 Å². The first-order chi connectivity index (χ1) is 7.63. The van der Waals surface area contributed by atoms with Gasteiger partial charge in [-0.05, 0) is 24.5 Å². The highest BCUT2D eigenvalue weighted by molar-refractivity contribution is 5.94. The first kappa shape index (κ1) is 12.3. The Morgan fingerprint density at radius 1 is 1.38 bits per heavy atom. The van der Waals surface area contributed by atoms with E-state index < -0.39 is 5.92 Å². The Morgan fingerprint density at radius 3 is 2.50 bits per heavy atom. The van der Waals surface area contributed by atoms with Crippen LogP contribution in [0.25, 0.3) is 0 Å². The molecular formula is C13H16N2O. The van der Waals surface area contributed by atoms with Gasteiger partial charge in [0.1, 0.15) is 5.92 Å². The topological polar surface area (TPSA) is 52.9 Å². The molecule has 1 aromatic carbocycles. The van der Waals surface area contributed by atoms with Crippen molar-refractivity contribution >= 4 is 11.6 Å². The number of carbonyl (C=O) groups excluding carboxylic acids is 1. The zero-order valence-electron chi connectivity index (χ0n) is 9.60. The van der Waals surface area contributed by atoms with Crippen molar-refractivity contribution in [2.24, 2.45) is 11.8 Å². The molecule has 0 saturated carbocycles. The predicted octanol–water partition coefficient (Wildman–Crippen LogP) is 2.81. The van der Waals surface area contributed by atoms with Crippen LogP contribution < -0.4 is 5.32 Å². The number of hydrogen-bond acceptors (Lipinski definition) is 2. The summed E-state index contributed by atoms with van der Waals surface area (Å²) in [5.41, 5.74) is 0.733.